The third kappa shape index (κ3) is 1.70. The van der Waals surface area contributed by atoms with Gasteiger partial charge in [-0.1, -0.05) is 18.2 Å². The van der Waals surface area contributed by atoms with E-state index in [4.69, 9.17) is 0 Å². The Morgan fingerprint density at radius 2 is 1.64 bits per heavy atom. The maximum absolute atomic E-state index is 12.7. The number of nitrogens with zero attached hydrogens (tertiary/aromatic N) is 2. The van der Waals surface area contributed by atoms with Crippen LogP contribution < -0.4 is 16.4 Å². The third-order valence-electron chi connectivity index (χ3n) is 3.83. The molecule has 3 aromatic rings. The molecule has 0 spiro atoms. The van der Waals surface area contributed by atoms with E-state index in [0.717, 1.165) is 0 Å². The molecule has 1 aromatic heterocycles. The predicted octanol–water partition coefficient (Wildman–Crippen LogP) is 0.936. The second-order valence-corrected chi connectivity index (χ2v) is 5.01. The maximum atomic E-state index is 12.7. The molecule has 0 saturated heterocycles. The van der Waals surface area contributed by atoms with E-state index in [-0.39, 0.29) is 11.1 Å². The lowest BCUT2D eigenvalue weighted by Crippen LogP contribution is -2.33. The zero-order chi connectivity index (χ0) is 16.0. The van der Waals surface area contributed by atoms with Crippen molar-refractivity contribution in [2.24, 2.45) is 0 Å². The SMILES string of the molecule is CCn1c(C)c(-c2c(O)c(=O)c2=O)c(=O)n1-c1ccccc1. The van der Waals surface area contributed by atoms with Crippen LogP contribution in [0.15, 0.2) is 44.7 Å². The lowest BCUT2D eigenvalue weighted by atomic mass is 10.0. The van der Waals surface area contributed by atoms with Crippen LogP contribution in [0.5, 0.6) is 5.75 Å². The molecule has 22 heavy (non-hydrogen) atoms. The van der Waals surface area contributed by atoms with Gasteiger partial charge >= 0.3 is 0 Å². The summed E-state index contributed by atoms with van der Waals surface area (Å²) >= 11 is 0. The van der Waals surface area contributed by atoms with Crippen molar-refractivity contribution in [2.75, 3.05) is 0 Å². The van der Waals surface area contributed by atoms with Crippen molar-refractivity contribution in [1.29, 1.82) is 0 Å². The molecule has 0 saturated carbocycles. The molecular weight excluding hydrogens is 284 g/mol. The molecule has 0 atom stereocenters. The normalized spacial score (nSPS) is 11.2. The van der Waals surface area contributed by atoms with E-state index in [1.807, 2.05) is 13.0 Å². The van der Waals surface area contributed by atoms with Gasteiger partial charge in [-0.05, 0) is 26.0 Å². The minimum absolute atomic E-state index is 0.0906. The quantitative estimate of drug-likeness (QED) is 0.730. The number of benzene rings is 1. The van der Waals surface area contributed by atoms with E-state index < -0.39 is 22.2 Å². The predicted molar refractivity (Wildman–Crippen MR) is 82.5 cm³/mol. The number of hydrogen-bond acceptors (Lipinski definition) is 4. The first kappa shape index (κ1) is 14.1. The summed E-state index contributed by atoms with van der Waals surface area (Å²) in [6.07, 6.45) is 0. The molecule has 0 bridgehead atoms. The summed E-state index contributed by atoms with van der Waals surface area (Å²) in [5.74, 6) is -0.626. The van der Waals surface area contributed by atoms with Gasteiger partial charge in [0.1, 0.15) is 0 Å². The van der Waals surface area contributed by atoms with Crippen molar-refractivity contribution in [3.63, 3.8) is 0 Å². The van der Waals surface area contributed by atoms with Crippen LogP contribution in [0.3, 0.4) is 0 Å². The molecule has 0 fully saturated rings. The van der Waals surface area contributed by atoms with Gasteiger partial charge in [0.25, 0.3) is 11.0 Å². The van der Waals surface area contributed by atoms with Crippen LogP contribution in [0.4, 0.5) is 0 Å². The summed E-state index contributed by atoms with van der Waals surface area (Å²) in [6.45, 7) is 4.07. The van der Waals surface area contributed by atoms with E-state index in [0.29, 0.717) is 17.9 Å². The van der Waals surface area contributed by atoms with Gasteiger partial charge in [0.15, 0.2) is 5.75 Å². The van der Waals surface area contributed by atoms with Crippen LogP contribution in [0.2, 0.25) is 0 Å². The van der Waals surface area contributed by atoms with Crippen LogP contribution in [0.25, 0.3) is 16.8 Å². The van der Waals surface area contributed by atoms with Gasteiger partial charge < -0.3 is 5.11 Å². The van der Waals surface area contributed by atoms with Crippen LogP contribution in [0.1, 0.15) is 12.6 Å². The first-order valence-corrected chi connectivity index (χ1v) is 6.89. The zero-order valence-corrected chi connectivity index (χ0v) is 12.2. The van der Waals surface area contributed by atoms with Crippen molar-refractivity contribution in [3.8, 4) is 22.6 Å². The van der Waals surface area contributed by atoms with Crippen LogP contribution in [0, 0.1) is 6.92 Å². The van der Waals surface area contributed by atoms with E-state index in [1.165, 1.54) is 4.68 Å². The standard InChI is InChI=1S/C16H14N2O4/c1-3-17-9(2)11(12-13(19)15(21)14(12)20)16(22)18(17)10-7-5-4-6-8-10/h4-8,19H,3H2,1-2H3. The Hall–Kier alpha value is -2.89. The molecule has 0 unspecified atom stereocenters. The summed E-state index contributed by atoms with van der Waals surface area (Å²) in [5, 5.41) is 9.64. The third-order valence-corrected chi connectivity index (χ3v) is 3.83. The number of rotatable bonds is 3. The Labute approximate surface area is 125 Å². The largest absolute Gasteiger partial charge is 0.503 e. The number of aromatic hydroxyl groups is 1. The minimum Gasteiger partial charge on any atom is -0.503 e. The van der Waals surface area contributed by atoms with Crippen molar-refractivity contribution in [3.05, 3.63) is 66.8 Å². The fourth-order valence-corrected chi connectivity index (χ4v) is 2.75. The highest BCUT2D eigenvalue weighted by molar-refractivity contribution is 5.75. The molecular formula is C16H14N2O4. The van der Waals surface area contributed by atoms with Crippen molar-refractivity contribution in [2.45, 2.75) is 20.4 Å². The fourth-order valence-electron chi connectivity index (χ4n) is 2.75. The van der Waals surface area contributed by atoms with Gasteiger partial charge in [0.2, 0.25) is 5.43 Å². The Morgan fingerprint density at radius 1 is 1.00 bits per heavy atom. The summed E-state index contributed by atoms with van der Waals surface area (Å²) in [5.41, 5.74) is -1.07. The lowest BCUT2D eigenvalue weighted by molar-refractivity contribution is 0.465. The first-order chi connectivity index (χ1) is 10.5. The molecule has 0 radical (unpaired) electrons. The second-order valence-electron chi connectivity index (χ2n) is 5.01. The Morgan fingerprint density at radius 3 is 2.18 bits per heavy atom. The minimum atomic E-state index is -0.940. The molecule has 112 valence electrons. The molecule has 6 nitrogen and oxygen atoms in total. The zero-order valence-electron chi connectivity index (χ0n) is 12.2. The molecule has 0 aliphatic carbocycles. The summed E-state index contributed by atoms with van der Waals surface area (Å²) < 4.78 is 3.16. The van der Waals surface area contributed by atoms with Gasteiger partial charge in [-0.2, -0.15) is 0 Å². The fraction of sp³-hybridized carbons (Fsp3) is 0.188. The highest BCUT2D eigenvalue weighted by Crippen LogP contribution is 2.26. The molecule has 6 heteroatoms. The van der Waals surface area contributed by atoms with Gasteiger partial charge in [0.05, 0.1) is 16.8 Å². The van der Waals surface area contributed by atoms with Crippen molar-refractivity contribution in [1.82, 2.24) is 9.36 Å². The van der Waals surface area contributed by atoms with Crippen molar-refractivity contribution >= 4 is 0 Å². The van der Waals surface area contributed by atoms with Gasteiger partial charge in [-0.25, -0.2) is 4.68 Å². The van der Waals surface area contributed by atoms with Crippen molar-refractivity contribution < 1.29 is 5.11 Å². The number of para-hydroxylation sites is 1. The smallest absolute Gasteiger partial charge is 0.279 e. The Bertz CT molecular complexity index is 986. The summed E-state index contributed by atoms with van der Waals surface area (Å²) in [4.78, 5) is 35.7. The van der Waals surface area contributed by atoms with Gasteiger partial charge in [-0.3, -0.25) is 19.1 Å². The first-order valence-electron chi connectivity index (χ1n) is 6.89. The van der Waals surface area contributed by atoms with Crippen LogP contribution in [-0.4, -0.2) is 14.5 Å². The monoisotopic (exact) mass is 298 g/mol. The molecule has 0 aliphatic heterocycles. The average molecular weight is 298 g/mol. The molecule has 0 amide bonds. The number of aromatic nitrogens is 2. The van der Waals surface area contributed by atoms with Crippen LogP contribution >= 0.6 is 0 Å². The van der Waals surface area contributed by atoms with E-state index in [1.54, 1.807) is 35.9 Å². The molecule has 2 aromatic carbocycles. The highest BCUT2D eigenvalue weighted by Gasteiger charge is 2.29. The Balaban J connectivity index is 2.37. The number of hydrogen-bond donors (Lipinski definition) is 1. The summed E-state index contributed by atoms with van der Waals surface area (Å²) in [6, 6.07) is 9.00. The van der Waals surface area contributed by atoms with Gasteiger partial charge in [-0.15, -0.1) is 0 Å². The molecule has 1 N–H and O–H groups in total. The van der Waals surface area contributed by atoms with Gasteiger partial charge in [0, 0.05) is 12.2 Å². The average Bonchev–Trinajstić information content (AvgIpc) is 2.79. The van der Waals surface area contributed by atoms with E-state index in [9.17, 15) is 19.5 Å². The lowest BCUT2D eigenvalue weighted by Gasteiger charge is -2.11. The Kier molecular flexibility index (Phi) is 3.09. The highest BCUT2D eigenvalue weighted by atomic mass is 16.3. The van der Waals surface area contributed by atoms with E-state index in [2.05, 4.69) is 0 Å². The maximum Gasteiger partial charge on any atom is 0.279 e. The summed E-state index contributed by atoms with van der Waals surface area (Å²) in [7, 11) is 0. The van der Waals surface area contributed by atoms with Crippen LogP contribution in [-0.2, 0) is 6.54 Å². The molecule has 3 rings (SSSR count). The molecule has 0 aliphatic rings. The topological polar surface area (TPSA) is 81.3 Å². The molecule has 1 heterocycles. The second kappa shape index (κ2) is 4.84. The van der Waals surface area contributed by atoms with E-state index >= 15 is 0 Å².